The summed E-state index contributed by atoms with van der Waals surface area (Å²) < 4.78 is 0.739. The number of hydrogen-bond donors (Lipinski definition) is 3. The fourth-order valence-corrected chi connectivity index (χ4v) is 3.47. The maximum atomic E-state index is 13.1. The number of anilines is 1. The van der Waals surface area contributed by atoms with Crippen molar-refractivity contribution in [2.45, 2.75) is 6.17 Å². The normalized spacial score (nSPS) is 15.5. The predicted octanol–water partition coefficient (Wildman–Crippen LogP) is 4.07. The van der Waals surface area contributed by atoms with Crippen molar-refractivity contribution in [2.75, 3.05) is 5.32 Å². The van der Waals surface area contributed by atoms with Crippen LogP contribution in [-0.2, 0) is 0 Å². The molecule has 7 heteroatoms. The number of benzene rings is 3. The van der Waals surface area contributed by atoms with E-state index in [1.807, 2.05) is 12.1 Å². The summed E-state index contributed by atoms with van der Waals surface area (Å²) in [5, 5.41) is 14.8. The van der Waals surface area contributed by atoms with Crippen LogP contribution in [0.25, 0.3) is 0 Å². The molecule has 0 aromatic heterocycles. The number of phenols is 1. The van der Waals surface area contributed by atoms with E-state index in [0.29, 0.717) is 22.4 Å². The van der Waals surface area contributed by atoms with Crippen LogP contribution in [0.3, 0.4) is 0 Å². The number of hydrazine groups is 1. The van der Waals surface area contributed by atoms with E-state index in [4.69, 9.17) is 0 Å². The number of amides is 2. The Kier molecular flexibility index (Phi) is 4.75. The summed E-state index contributed by atoms with van der Waals surface area (Å²) in [6.45, 7) is 0. The molecule has 140 valence electrons. The molecule has 28 heavy (non-hydrogen) atoms. The summed E-state index contributed by atoms with van der Waals surface area (Å²) in [6.07, 6.45) is -0.785. The Bertz CT molecular complexity index is 1060. The van der Waals surface area contributed by atoms with E-state index in [2.05, 4.69) is 26.7 Å². The summed E-state index contributed by atoms with van der Waals surface area (Å²) in [7, 11) is 0. The lowest BCUT2D eigenvalue weighted by atomic mass is 10.0. The van der Waals surface area contributed by atoms with E-state index in [0.717, 1.165) is 4.47 Å². The second-order valence-corrected chi connectivity index (χ2v) is 7.19. The van der Waals surface area contributed by atoms with Gasteiger partial charge in [-0.3, -0.25) is 15.0 Å². The van der Waals surface area contributed by atoms with Gasteiger partial charge in [-0.05, 0) is 42.5 Å². The van der Waals surface area contributed by atoms with Crippen LogP contribution in [0.15, 0.2) is 77.3 Å². The standard InChI is InChI=1S/C21H16BrN3O3/c22-14-10-11-18(26)16(12-14)19-23-17-9-5-4-8-15(17)21(28)25(19)24-20(27)13-6-2-1-3-7-13/h1-12,19,23,26H,(H,24,27)/t19-/m1/s1. The Balaban J connectivity index is 1.76. The molecule has 0 fully saturated rings. The Labute approximate surface area is 169 Å². The minimum atomic E-state index is -0.785. The topological polar surface area (TPSA) is 81.7 Å². The van der Waals surface area contributed by atoms with E-state index in [1.54, 1.807) is 54.6 Å². The van der Waals surface area contributed by atoms with E-state index >= 15 is 0 Å². The van der Waals surface area contributed by atoms with Crippen molar-refractivity contribution in [3.05, 3.63) is 94.0 Å². The first-order valence-corrected chi connectivity index (χ1v) is 9.37. The number of nitrogens with one attached hydrogen (secondary N) is 2. The molecule has 0 saturated heterocycles. The highest BCUT2D eigenvalue weighted by atomic mass is 79.9. The van der Waals surface area contributed by atoms with Gasteiger partial charge in [-0.1, -0.05) is 46.3 Å². The van der Waals surface area contributed by atoms with Gasteiger partial charge in [0.15, 0.2) is 6.17 Å². The van der Waals surface area contributed by atoms with Crippen LogP contribution < -0.4 is 10.7 Å². The van der Waals surface area contributed by atoms with E-state index in [1.165, 1.54) is 11.1 Å². The first-order chi connectivity index (χ1) is 13.5. The number of phenolic OH excluding ortho intramolecular Hbond substituents is 1. The monoisotopic (exact) mass is 437 g/mol. The molecule has 0 radical (unpaired) electrons. The smallest absolute Gasteiger partial charge is 0.276 e. The third kappa shape index (κ3) is 3.32. The summed E-state index contributed by atoms with van der Waals surface area (Å²) in [5.41, 5.74) is 4.61. The molecule has 3 aromatic carbocycles. The van der Waals surface area contributed by atoms with Crippen molar-refractivity contribution in [3.63, 3.8) is 0 Å². The first-order valence-electron chi connectivity index (χ1n) is 8.58. The number of halogens is 1. The van der Waals surface area contributed by atoms with Gasteiger partial charge in [0.2, 0.25) is 0 Å². The second kappa shape index (κ2) is 7.36. The van der Waals surface area contributed by atoms with Crippen molar-refractivity contribution in [1.29, 1.82) is 0 Å². The number of carbonyl (C=O) groups excluding carboxylic acids is 2. The van der Waals surface area contributed by atoms with Crippen molar-refractivity contribution < 1.29 is 14.7 Å². The number of carbonyl (C=O) groups is 2. The predicted molar refractivity (Wildman–Crippen MR) is 109 cm³/mol. The first kappa shape index (κ1) is 18.1. The van der Waals surface area contributed by atoms with Crippen LogP contribution >= 0.6 is 15.9 Å². The molecule has 1 aliphatic rings. The van der Waals surface area contributed by atoms with Crippen LogP contribution in [0.5, 0.6) is 5.75 Å². The number of aromatic hydroxyl groups is 1. The average molecular weight is 438 g/mol. The molecule has 1 aliphatic heterocycles. The molecule has 4 rings (SSSR count). The van der Waals surface area contributed by atoms with Gasteiger partial charge in [0.1, 0.15) is 5.75 Å². The fourth-order valence-electron chi connectivity index (χ4n) is 3.09. The second-order valence-electron chi connectivity index (χ2n) is 6.28. The zero-order valence-corrected chi connectivity index (χ0v) is 16.2. The Morgan fingerprint density at radius 1 is 1.04 bits per heavy atom. The van der Waals surface area contributed by atoms with Gasteiger partial charge in [-0.2, -0.15) is 0 Å². The van der Waals surface area contributed by atoms with Crippen LogP contribution in [-0.4, -0.2) is 21.9 Å². The number of fused-ring (bicyclic) bond motifs is 1. The van der Waals surface area contributed by atoms with Crippen LogP contribution in [0, 0.1) is 0 Å². The van der Waals surface area contributed by atoms with Crippen molar-refractivity contribution in [2.24, 2.45) is 0 Å². The van der Waals surface area contributed by atoms with E-state index in [-0.39, 0.29) is 11.7 Å². The molecule has 0 aliphatic carbocycles. The SMILES string of the molecule is O=C(NN1C(=O)c2ccccc2N[C@H]1c1cc(Br)ccc1O)c1ccccc1. The molecular formula is C21H16BrN3O3. The van der Waals surface area contributed by atoms with E-state index < -0.39 is 12.1 Å². The zero-order chi connectivity index (χ0) is 19.7. The third-order valence-corrected chi connectivity index (χ3v) is 4.96. The lowest BCUT2D eigenvalue weighted by Gasteiger charge is -2.38. The molecular weight excluding hydrogens is 422 g/mol. The summed E-state index contributed by atoms with van der Waals surface area (Å²) in [4.78, 5) is 25.8. The average Bonchev–Trinajstić information content (AvgIpc) is 2.72. The summed E-state index contributed by atoms with van der Waals surface area (Å²) in [5.74, 6) is -0.788. The largest absolute Gasteiger partial charge is 0.508 e. The minimum Gasteiger partial charge on any atom is -0.508 e. The lowest BCUT2D eigenvalue weighted by molar-refractivity contribution is 0.0488. The molecule has 1 atom stereocenters. The maximum absolute atomic E-state index is 13.1. The van der Waals surface area contributed by atoms with Gasteiger partial charge in [0.25, 0.3) is 11.8 Å². The van der Waals surface area contributed by atoms with Gasteiger partial charge in [-0.15, -0.1) is 0 Å². The molecule has 3 N–H and O–H groups in total. The van der Waals surface area contributed by atoms with Crippen LogP contribution in [0.4, 0.5) is 5.69 Å². The number of para-hydroxylation sites is 1. The molecule has 0 spiro atoms. The van der Waals surface area contributed by atoms with Gasteiger partial charge < -0.3 is 10.4 Å². The Hall–Kier alpha value is -3.32. The highest BCUT2D eigenvalue weighted by Gasteiger charge is 2.35. The van der Waals surface area contributed by atoms with Crippen LogP contribution in [0.2, 0.25) is 0 Å². The third-order valence-electron chi connectivity index (χ3n) is 4.47. The Morgan fingerprint density at radius 2 is 1.75 bits per heavy atom. The number of nitrogens with zero attached hydrogens (tertiary/aromatic N) is 1. The highest BCUT2D eigenvalue weighted by molar-refractivity contribution is 9.10. The molecule has 0 unspecified atom stereocenters. The number of hydrogen-bond acceptors (Lipinski definition) is 4. The maximum Gasteiger partial charge on any atom is 0.276 e. The Morgan fingerprint density at radius 3 is 2.54 bits per heavy atom. The molecule has 3 aromatic rings. The van der Waals surface area contributed by atoms with Gasteiger partial charge in [-0.25, -0.2) is 5.01 Å². The van der Waals surface area contributed by atoms with Gasteiger partial charge >= 0.3 is 0 Å². The molecule has 2 amide bonds. The molecule has 0 bridgehead atoms. The van der Waals surface area contributed by atoms with Crippen LogP contribution in [0.1, 0.15) is 32.4 Å². The summed E-state index contributed by atoms with van der Waals surface area (Å²) >= 11 is 3.39. The number of rotatable bonds is 3. The minimum absolute atomic E-state index is 0.00633. The quantitative estimate of drug-likeness (QED) is 0.576. The van der Waals surface area contributed by atoms with Crippen molar-refractivity contribution in [3.8, 4) is 5.75 Å². The van der Waals surface area contributed by atoms with Crippen molar-refractivity contribution in [1.82, 2.24) is 10.4 Å². The van der Waals surface area contributed by atoms with E-state index in [9.17, 15) is 14.7 Å². The highest BCUT2D eigenvalue weighted by Crippen LogP contribution is 2.36. The fraction of sp³-hybridized carbons (Fsp3) is 0.0476. The molecule has 0 saturated carbocycles. The molecule has 6 nitrogen and oxygen atoms in total. The summed E-state index contributed by atoms with van der Waals surface area (Å²) in [6, 6.07) is 20.6. The molecule has 1 heterocycles. The van der Waals surface area contributed by atoms with Gasteiger partial charge in [0.05, 0.1) is 5.56 Å². The van der Waals surface area contributed by atoms with Gasteiger partial charge in [0, 0.05) is 21.3 Å². The van der Waals surface area contributed by atoms with Crippen molar-refractivity contribution >= 4 is 33.4 Å². The lowest BCUT2D eigenvalue weighted by Crippen LogP contribution is -2.52. The zero-order valence-electron chi connectivity index (χ0n) is 14.6.